The highest BCUT2D eigenvalue weighted by molar-refractivity contribution is 5.95. The zero-order valence-corrected chi connectivity index (χ0v) is 23.7. The lowest BCUT2D eigenvalue weighted by molar-refractivity contribution is 0.0889. The number of anilines is 1. The molecule has 1 atom stereocenters. The van der Waals surface area contributed by atoms with Crippen LogP contribution in [-0.4, -0.2) is 69.0 Å². The van der Waals surface area contributed by atoms with E-state index in [2.05, 4.69) is 26.3 Å². The number of halogens is 1. The van der Waals surface area contributed by atoms with Gasteiger partial charge in [-0.05, 0) is 49.4 Å². The van der Waals surface area contributed by atoms with Crippen LogP contribution >= 0.6 is 0 Å². The number of ether oxygens (including phenoxy) is 2. The molecule has 1 fully saturated rings. The summed E-state index contributed by atoms with van der Waals surface area (Å²) in [7, 11) is 0. The van der Waals surface area contributed by atoms with Gasteiger partial charge in [0.25, 0.3) is 5.91 Å². The molecule has 1 aliphatic heterocycles. The molecular weight excluding hydrogens is 553 g/mol. The number of aliphatic hydroxyl groups excluding tert-OH is 1. The van der Waals surface area contributed by atoms with Gasteiger partial charge in [0.1, 0.15) is 18.0 Å². The highest BCUT2D eigenvalue weighted by Crippen LogP contribution is 2.31. The summed E-state index contributed by atoms with van der Waals surface area (Å²) >= 11 is 0. The molecule has 0 radical (unpaired) electrons. The van der Waals surface area contributed by atoms with E-state index in [0.29, 0.717) is 61.1 Å². The smallest absolute Gasteiger partial charge is 0.273 e. The molecule has 1 aliphatic rings. The van der Waals surface area contributed by atoms with Gasteiger partial charge in [0.05, 0.1) is 48.1 Å². The molecule has 3 aromatic heterocycles. The first-order chi connectivity index (χ1) is 20.9. The number of aliphatic hydroxyl groups is 1. The number of imidazole rings is 1. The predicted molar refractivity (Wildman–Crippen MR) is 156 cm³/mol. The molecule has 43 heavy (non-hydrogen) atoms. The predicted octanol–water partition coefficient (Wildman–Crippen LogP) is 3.59. The lowest BCUT2D eigenvalue weighted by Crippen LogP contribution is -2.39. The molecule has 0 bridgehead atoms. The Kier molecular flexibility index (Phi) is 9.43. The van der Waals surface area contributed by atoms with Gasteiger partial charge in [-0.2, -0.15) is 5.26 Å². The van der Waals surface area contributed by atoms with Crippen LogP contribution in [0.25, 0.3) is 11.3 Å². The van der Waals surface area contributed by atoms with E-state index >= 15 is 0 Å². The summed E-state index contributed by atoms with van der Waals surface area (Å²) in [5.41, 5.74) is 2.17. The van der Waals surface area contributed by atoms with Crippen molar-refractivity contribution >= 4 is 11.6 Å². The van der Waals surface area contributed by atoms with Gasteiger partial charge in [0.15, 0.2) is 11.4 Å². The molecule has 1 saturated heterocycles. The monoisotopic (exact) mass is 585 g/mol. The quantitative estimate of drug-likeness (QED) is 0.270. The minimum atomic E-state index is -0.845. The molecule has 4 heterocycles. The zero-order chi connectivity index (χ0) is 30.2. The standard InChI is InChI=1S/C31H32FN7O4/c1-2-42-31-25(4-3-11-35-31)26-6-8-28(29(37-26)30(41)36-18-23(40)19-38-15-12-34-20-38)43-24-9-13-39(14-10-24)27-7-5-22(32)16-21(27)17-33/h3-8,11-12,15-16,20,23-24,40H,2,9-10,13-14,18-19H2,1H3,(H,36,41). The number of pyridine rings is 2. The highest BCUT2D eigenvalue weighted by Gasteiger charge is 2.26. The second kappa shape index (κ2) is 13.8. The molecule has 1 amide bonds. The van der Waals surface area contributed by atoms with E-state index in [4.69, 9.17) is 9.47 Å². The van der Waals surface area contributed by atoms with Gasteiger partial charge in [-0.3, -0.25) is 4.79 Å². The van der Waals surface area contributed by atoms with Crippen molar-refractivity contribution in [3.05, 3.63) is 84.5 Å². The Bertz CT molecular complexity index is 1580. The van der Waals surface area contributed by atoms with Crippen LogP contribution in [0.4, 0.5) is 10.1 Å². The van der Waals surface area contributed by atoms with Crippen molar-refractivity contribution in [3.8, 4) is 29.0 Å². The van der Waals surface area contributed by atoms with Crippen LogP contribution in [-0.2, 0) is 6.54 Å². The van der Waals surface area contributed by atoms with Gasteiger partial charge in [-0.25, -0.2) is 19.3 Å². The Morgan fingerprint density at radius 3 is 2.81 bits per heavy atom. The molecule has 222 valence electrons. The van der Waals surface area contributed by atoms with Crippen molar-refractivity contribution < 1.29 is 23.8 Å². The molecule has 4 aromatic rings. The third-order valence-electron chi connectivity index (χ3n) is 7.04. The van der Waals surface area contributed by atoms with E-state index in [-0.39, 0.29) is 30.5 Å². The number of benzene rings is 1. The van der Waals surface area contributed by atoms with Crippen molar-refractivity contribution in [1.29, 1.82) is 5.26 Å². The van der Waals surface area contributed by atoms with Crippen LogP contribution in [0.15, 0.2) is 67.4 Å². The first-order valence-electron chi connectivity index (χ1n) is 14.1. The number of rotatable bonds is 11. The molecule has 5 rings (SSSR count). The maximum absolute atomic E-state index is 13.6. The van der Waals surface area contributed by atoms with Gasteiger partial charge in [-0.1, -0.05) is 0 Å². The Balaban J connectivity index is 1.33. The Morgan fingerprint density at radius 2 is 2.07 bits per heavy atom. The fraction of sp³-hybridized carbons (Fsp3) is 0.323. The van der Waals surface area contributed by atoms with Crippen molar-refractivity contribution in [1.82, 2.24) is 24.8 Å². The lowest BCUT2D eigenvalue weighted by atomic mass is 10.0. The number of hydrogen-bond donors (Lipinski definition) is 2. The molecular formula is C31H32FN7O4. The van der Waals surface area contributed by atoms with E-state index in [0.717, 1.165) is 0 Å². The summed E-state index contributed by atoms with van der Waals surface area (Å²) in [5, 5.41) is 22.7. The second-order valence-electron chi connectivity index (χ2n) is 10.0. The number of piperidine rings is 1. The highest BCUT2D eigenvalue weighted by atomic mass is 19.1. The summed E-state index contributed by atoms with van der Waals surface area (Å²) in [6, 6.07) is 13.3. The molecule has 1 unspecified atom stereocenters. The van der Waals surface area contributed by atoms with E-state index in [1.54, 1.807) is 53.8 Å². The Hall–Kier alpha value is -5.02. The number of hydrogen-bond acceptors (Lipinski definition) is 9. The van der Waals surface area contributed by atoms with Crippen LogP contribution in [0.2, 0.25) is 0 Å². The zero-order valence-electron chi connectivity index (χ0n) is 23.7. The number of nitrogens with zero attached hydrogens (tertiary/aromatic N) is 6. The molecule has 2 N–H and O–H groups in total. The fourth-order valence-electron chi connectivity index (χ4n) is 4.96. The maximum Gasteiger partial charge on any atom is 0.273 e. The van der Waals surface area contributed by atoms with Crippen LogP contribution in [0.5, 0.6) is 11.6 Å². The molecule has 0 spiro atoms. The number of carbonyl (C=O) groups excluding carboxylic acids is 1. The first-order valence-corrected chi connectivity index (χ1v) is 14.1. The summed E-state index contributed by atoms with van der Waals surface area (Å²) in [4.78, 5) is 28.4. The van der Waals surface area contributed by atoms with Crippen molar-refractivity contribution in [2.75, 3.05) is 31.1 Å². The Morgan fingerprint density at radius 1 is 1.23 bits per heavy atom. The van der Waals surface area contributed by atoms with Crippen molar-refractivity contribution in [2.24, 2.45) is 0 Å². The summed E-state index contributed by atoms with van der Waals surface area (Å²) in [5.74, 6) is -0.233. The van der Waals surface area contributed by atoms with Crippen molar-refractivity contribution in [2.45, 2.75) is 38.5 Å². The van der Waals surface area contributed by atoms with E-state index < -0.39 is 17.8 Å². The SMILES string of the molecule is CCOc1ncccc1-c1ccc(OC2CCN(c3ccc(F)cc3C#N)CC2)c(C(=O)NCC(O)Cn2ccnc2)n1. The van der Waals surface area contributed by atoms with Gasteiger partial charge < -0.3 is 29.4 Å². The number of nitriles is 1. The minimum Gasteiger partial charge on any atom is -0.488 e. The molecule has 11 nitrogen and oxygen atoms in total. The average molecular weight is 586 g/mol. The van der Waals surface area contributed by atoms with Crippen LogP contribution in [0, 0.1) is 17.1 Å². The molecule has 12 heteroatoms. The summed E-state index contributed by atoms with van der Waals surface area (Å²) in [6.07, 6.45) is 6.74. The van der Waals surface area contributed by atoms with Crippen LogP contribution < -0.4 is 19.7 Å². The number of aromatic nitrogens is 4. The average Bonchev–Trinajstić information content (AvgIpc) is 3.54. The first kappa shape index (κ1) is 29.5. The van der Waals surface area contributed by atoms with E-state index in [1.807, 2.05) is 17.9 Å². The van der Waals surface area contributed by atoms with Crippen LogP contribution in [0.3, 0.4) is 0 Å². The van der Waals surface area contributed by atoms with Crippen LogP contribution in [0.1, 0.15) is 35.8 Å². The topological polar surface area (TPSA) is 138 Å². The Labute approximate surface area is 248 Å². The third-order valence-corrected chi connectivity index (χ3v) is 7.04. The van der Waals surface area contributed by atoms with E-state index in [9.17, 15) is 19.6 Å². The third kappa shape index (κ3) is 7.25. The second-order valence-corrected chi connectivity index (χ2v) is 10.0. The number of nitrogens with one attached hydrogen (secondary N) is 1. The molecule has 0 aliphatic carbocycles. The largest absolute Gasteiger partial charge is 0.488 e. The van der Waals surface area contributed by atoms with Gasteiger partial charge in [0, 0.05) is 51.1 Å². The minimum absolute atomic E-state index is 0.00324. The summed E-state index contributed by atoms with van der Waals surface area (Å²) in [6.45, 7) is 3.72. The van der Waals surface area contributed by atoms with E-state index in [1.165, 1.54) is 12.1 Å². The summed E-state index contributed by atoms with van der Waals surface area (Å²) < 4.78 is 27.4. The van der Waals surface area contributed by atoms with Gasteiger partial charge in [-0.15, -0.1) is 0 Å². The maximum atomic E-state index is 13.6. The normalized spacial score (nSPS) is 14.1. The molecule has 0 saturated carbocycles. The number of carbonyl (C=O) groups is 1. The molecule has 1 aromatic carbocycles. The van der Waals surface area contributed by atoms with Gasteiger partial charge >= 0.3 is 0 Å². The lowest BCUT2D eigenvalue weighted by Gasteiger charge is -2.34. The van der Waals surface area contributed by atoms with Crippen molar-refractivity contribution in [3.63, 3.8) is 0 Å². The fourth-order valence-corrected chi connectivity index (χ4v) is 4.96. The number of amides is 1. The van der Waals surface area contributed by atoms with Gasteiger partial charge in [0.2, 0.25) is 5.88 Å².